The molecule has 0 saturated heterocycles. The molecule has 0 fully saturated rings. The van der Waals surface area contributed by atoms with Crippen molar-refractivity contribution in [2.45, 2.75) is 11.8 Å². The van der Waals surface area contributed by atoms with Crippen molar-refractivity contribution >= 4 is 17.7 Å². The molecule has 7 nitrogen and oxygen atoms in total. The highest BCUT2D eigenvalue weighted by atomic mass is 32.2. The van der Waals surface area contributed by atoms with E-state index in [4.69, 9.17) is 9.47 Å². The number of rotatable bonds is 7. The van der Waals surface area contributed by atoms with E-state index in [2.05, 4.69) is 14.9 Å². The summed E-state index contributed by atoms with van der Waals surface area (Å²) in [5.74, 6) is 1.97. The van der Waals surface area contributed by atoms with Gasteiger partial charge in [0.15, 0.2) is 11.0 Å². The summed E-state index contributed by atoms with van der Waals surface area (Å²) in [6.07, 6.45) is 0. The summed E-state index contributed by atoms with van der Waals surface area (Å²) in [6.45, 7) is 0.273. The van der Waals surface area contributed by atoms with Crippen LogP contribution in [0.2, 0.25) is 0 Å². The lowest BCUT2D eigenvalue weighted by atomic mass is 10.3. The molecule has 0 aliphatic carbocycles. The molecule has 1 aromatic heterocycles. The van der Waals surface area contributed by atoms with Gasteiger partial charge < -0.3 is 18.8 Å². The molecule has 1 heterocycles. The number of esters is 1. The molecule has 0 spiro atoms. The first kappa shape index (κ1) is 16.2. The minimum absolute atomic E-state index is 0.194. The van der Waals surface area contributed by atoms with E-state index in [0.29, 0.717) is 16.7 Å². The molecule has 2 rings (SSSR count). The Hall–Kier alpha value is -2.22. The molecule has 0 aliphatic heterocycles. The average molecular weight is 323 g/mol. The molecule has 0 atom stereocenters. The maximum atomic E-state index is 11.1. The van der Waals surface area contributed by atoms with E-state index in [1.165, 1.54) is 18.9 Å². The molecule has 0 unspecified atom stereocenters. The fraction of sp³-hybridized carbons (Fsp3) is 0.357. The van der Waals surface area contributed by atoms with Crippen LogP contribution in [0.1, 0.15) is 5.82 Å². The minimum Gasteiger partial charge on any atom is -0.497 e. The molecule has 1 aromatic carbocycles. The number of carbonyl (C=O) groups excluding carboxylic acids is 1. The second-order valence-corrected chi connectivity index (χ2v) is 5.23. The van der Waals surface area contributed by atoms with Crippen molar-refractivity contribution < 1.29 is 19.0 Å². The van der Waals surface area contributed by atoms with Gasteiger partial charge in [-0.05, 0) is 12.1 Å². The largest absolute Gasteiger partial charge is 0.497 e. The van der Waals surface area contributed by atoms with Crippen LogP contribution in [0.3, 0.4) is 0 Å². The van der Waals surface area contributed by atoms with Crippen LogP contribution in [0, 0.1) is 0 Å². The number of carbonyl (C=O) groups is 1. The van der Waals surface area contributed by atoms with Crippen LogP contribution in [-0.4, -0.2) is 40.7 Å². The second-order valence-electron chi connectivity index (χ2n) is 4.29. The highest BCUT2D eigenvalue weighted by Gasteiger charge is 2.12. The zero-order valence-electron chi connectivity index (χ0n) is 12.6. The number of ether oxygens (including phenoxy) is 3. The van der Waals surface area contributed by atoms with Gasteiger partial charge >= 0.3 is 5.97 Å². The van der Waals surface area contributed by atoms with Crippen LogP contribution in [0.5, 0.6) is 11.5 Å². The third kappa shape index (κ3) is 4.14. The van der Waals surface area contributed by atoms with Crippen LogP contribution in [0.25, 0.3) is 0 Å². The normalized spacial score (nSPS) is 10.3. The van der Waals surface area contributed by atoms with Gasteiger partial charge in [0.05, 0.1) is 20.0 Å². The van der Waals surface area contributed by atoms with Gasteiger partial charge in [-0.3, -0.25) is 4.79 Å². The summed E-state index contributed by atoms with van der Waals surface area (Å²) >= 11 is 1.27. The molecular weight excluding hydrogens is 306 g/mol. The number of benzene rings is 1. The highest BCUT2D eigenvalue weighted by Crippen LogP contribution is 2.20. The summed E-state index contributed by atoms with van der Waals surface area (Å²) in [5, 5.41) is 8.73. The van der Waals surface area contributed by atoms with E-state index < -0.39 is 0 Å². The summed E-state index contributed by atoms with van der Waals surface area (Å²) < 4.78 is 17.2. The van der Waals surface area contributed by atoms with Crippen LogP contribution >= 0.6 is 11.8 Å². The Morgan fingerprint density at radius 3 is 2.77 bits per heavy atom. The lowest BCUT2D eigenvalue weighted by Gasteiger charge is -2.07. The monoisotopic (exact) mass is 323 g/mol. The van der Waals surface area contributed by atoms with Gasteiger partial charge in [0.1, 0.15) is 18.1 Å². The van der Waals surface area contributed by atoms with Crippen molar-refractivity contribution in [1.82, 2.24) is 14.8 Å². The third-order valence-corrected chi connectivity index (χ3v) is 3.87. The molecule has 118 valence electrons. The van der Waals surface area contributed by atoms with Gasteiger partial charge in [-0.1, -0.05) is 17.8 Å². The van der Waals surface area contributed by atoms with Crippen LogP contribution in [-0.2, 0) is 23.2 Å². The fourth-order valence-corrected chi connectivity index (χ4v) is 2.38. The molecule has 0 bridgehead atoms. The van der Waals surface area contributed by atoms with Gasteiger partial charge in [0.2, 0.25) is 0 Å². The Morgan fingerprint density at radius 1 is 1.27 bits per heavy atom. The summed E-state index contributed by atoms with van der Waals surface area (Å²) in [6, 6.07) is 7.33. The van der Waals surface area contributed by atoms with Crippen LogP contribution in [0.4, 0.5) is 0 Å². The maximum Gasteiger partial charge on any atom is 0.316 e. The maximum absolute atomic E-state index is 11.1. The standard InChI is InChI=1S/C14H17N3O4S/c1-17-12(15-16-14(17)22-9-13(18)20-3)8-21-11-6-4-5-10(7-11)19-2/h4-7H,8-9H2,1-3H3. The van der Waals surface area contributed by atoms with E-state index in [9.17, 15) is 4.79 Å². The summed E-state index contributed by atoms with van der Waals surface area (Å²) in [7, 11) is 4.78. The average Bonchev–Trinajstić information content (AvgIpc) is 2.91. The first-order valence-corrected chi connectivity index (χ1v) is 7.47. The van der Waals surface area contributed by atoms with E-state index >= 15 is 0 Å². The number of hydrogen-bond donors (Lipinski definition) is 0. The zero-order chi connectivity index (χ0) is 15.9. The first-order chi connectivity index (χ1) is 10.6. The van der Waals surface area contributed by atoms with E-state index in [1.54, 1.807) is 17.7 Å². The molecule has 0 saturated carbocycles. The Morgan fingerprint density at radius 2 is 2.05 bits per heavy atom. The fourth-order valence-electron chi connectivity index (χ4n) is 1.62. The first-order valence-electron chi connectivity index (χ1n) is 6.48. The van der Waals surface area contributed by atoms with E-state index in [0.717, 1.165) is 5.75 Å². The molecule has 0 N–H and O–H groups in total. The minimum atomic E-state index is -0.304. The van der Waals surface area contributed by atoms with Crippen molar-refractivity contribution in [1.29, 1.82) is 0 Å². The molecule has 8 heteroatoms. The summed E-state index contributed by atoms with van der Waals surface area (Å²) in [5.41, 5.74) is 0. The predicted octanol–water partition coefficient (Wildman–Crippen LogP) is 1.67. The Labute approximate surface area is 132 Å². The van der Waals surface area contributed by atoms with Crippen molar-refractivity contribution in [3.8, 4) is 11.5 Å². The zero-order valence-corrected chi connectivity index (χ0v) is 13.4. The molecule has 0 aliphatic rings. The molecule has 22 heavy (non-hydrogen) atoms. The lowest BCUT2D eigenvalue weighted by Crippen LogP contribution is -2.06. The number of nitrogens with zero attached hydrogens (tertiary/aromatic N) is 3. The van der Waals surface area contributed by atoms with E-state index in [1.807, 2.05) is 25.2 Å². The topological polar surface area (TPSA) is 75.5 Å². The number of aromatic nitrogens is 3. The van der Waals surface area contributed by atoms with Crippen LogP contribution in [0.15, 0.2) is 29.4 Å². The Kier molecular flexibility index (Phi) is 5.65. The van der Waals surface area contributed by atoms with Crippen LogP contribution < -0.4 is 9.47 Å². The summed E-state index contributed by atoms with van der Waals surface area (Å²) in [4.78, 5) is 11.1. The van der Waals surface area contributed by atoms with Gasteiger partial charge in [-0.15, -0.1) is 10.2 Å². The van der Waals surface area contributed by atoms with Crippen molar-refractivity contribution in [3.05, 3.63) is 30.1 Å². The van der Waals surface area contributed by atoms with Gasteiger partial charge in [0.25, 0.3) is 0 Å². The third-order valence-electron chi connectivity index (χ3n) is 2.88. The van der Waals surface area contributed by atoms with Crippen molar-refractivity contribution in [2.75, 3.05) is 20.0 Å². The molecule has 0 radical (unpaired) electrons. The highest BCUT2D eigenvalue weighted by molar-refractivity contribution is 7.99. The predicted molar refractivity (Wildman–Crippen MR) is 81.1 cm³/mol. The SMILES string of the molecule is COC(=O)CSc1nnc(COc2cccc(OC)c2)n1C. The number of thioether (sulfide) groups is 1. The number of hydrogen-bond acceptors (Lipinski definition) is 7. The quantitative estimate of drug-likeness (QED) is 0.566. The van der Waals surface area contributed by atoms with Crippen molar-refractivity contribution in [3.63, 3.8) is 0 Å². The lowest BCUT2D eigenvalue weighted by molar-refractivity contribution is -0.137. The van der Waals surface area contributed by atoms with Gasteiger partial charge in [-0.25, -0.2) is 0 Å². The smallest absolute Gasteiger partial charge is 0.316 e. The molecular formula is C14H17N3O4S. The van der Waals surface area contributed by atoms with E-state index in [-0.39, 0.29) is 18.3 Å². The molecule has 2 aromatic rings. The van der Waals surface area contributed by atoms with Crippen molar-refractivity contribution in [2.24, 2.45) is 7.05 Å². The Bertz CT molecular complexity index is 645. The second kappa shape index (κ2) is 7.69. The van der Waals surface area contributed by atoms with Gasteiger partial charge in [-0.2, -0.15) is 0 Å². The Balaban J connectivity index is 1.95. The molecule has 0 amide bonds. The van der Waals surface area contributed by atoms with Gasteiger partial charge in [0, 0.05) is 13.1 Å². The number of methoxy groups -OCH3 is 2.